The number of nitrogens with two attached hydrogens (primary N) is 1. The van der Waals surface area contributed by atoms with Crippen LogP contribution in [0.15, 0.2) is 24.3 Å². The number of thioether (sulfide) groups is 1. The number of carbonyl (C=O) groups is 1. The van der Waals surface area contributed by atoms with Crippen LogP contribution in [0.25, 0.3) is 0 Å². The molecule has 1 amide bonds. The molecule has 1 fully saturated rings. The van der Waals surface area contributed by atoms with Crippen LogP contribution in [0.2, 0.25) is 0 Å². The van der Waals surface area contributed by atoms with Gasteiger partial charge >= 0.3 is 0 Å². The van der Waals surface area contributed by atoms with Crippen LogP contribution in [0.5, 0.6) is 0 Å². The van der Waals surface area contributed by atoms with Crippen molar-refractivity contribution in [2.24, 2.45) is 5.73 Å². The average molecular weight is 373 g/mol. The first-order valence-corrected chi connectivity index (χ1v) is 10.8. The molecule has 3 N–H and O–H groups in total. The quantitative estimate of drug-likeness (QED) is 0.673. The average Bonchev–Trinajstić information content (AvgIpc) is 2.55. The summed E-state index contributed by atoms with van der Waals surface area (Å²) in [7, 11) is -3.15. The minimum absolute atomic E-state index is 0.0596. The monoisotopic (exact) mass is 372 g/mol. The lowest BCUT2D eigenvalue weighted by atomic mass is 10.2. The van der Waals surface area contributed by atoms with Crippen molar-refractivity contribution in [1.29, 1.82) is 0 Å². The van der Waals surface area contributed by atoms with Gasteiger partial charge in [-0.2, -0.15) is 16.1 Å². The number of hydrogen-bond acceptors (Lipinski definition) is 6. The van der Waals surface area contributed by atoms with Gasteiger partial charge in [-0.3, -0.25) is 4.79 Å². The predicted octanol–water partition coefficient (Wildman–Crippen LogP) is 0.399. The Balaban J connectivity index is 2.00. The topological polar surface area (TPSA) is 95.7 Å². The number of rotatable bonds is 7. The molecule has 0 saturated carbocycles. The molecule has 7 nitrogen and oxygen atoms in total. The van der Waals surface area contributed by atoms with Crippen LogP contribution in [0, 0.1) is 0 Å². The summed E-state index contributed by atoms with van der Waals surface area (Å²) < 4.78 is 24.7. The Labute approximate surface area is 147 Å². The van der Waals surface area contributed by atoms with Gasteiger partial charge in [0.05, 0.1) is 23.4 Å². The molecule has 1 aromatic rings. The molecule has 134 valence electrons. The SMILES string of the molecule is CS(=O)(=O)N1CCN(c2ccccc2NC(=O)CSCCN)CC1. The van der Waals surface area contributed by atoms with Crippen molar-refractivity contribution in [3.8, 4) is 0 Å². The van der Waals surface area contributed by atoms with Crippen molar-refractivity contribution >= 4 is 39.1 Å². The van der Waals surface area contributed by atoms with Crippen molar-refractivity contribution in [2.75, 3.05) is 60.7 Å². The second-order valence-corrected chi connectivity index (χ2v) is 8.64. The van der Waals surface area contributed by atoms with Gasteiger partial charge < -0.3 is 16.0 Å². The molecule has 1 aliphatic heterocycles. The second kappa shape index (κ2) is 8.70. The first-order chi connectivity index (χ1) is 11.4. The lowest BCUT2D eigenvalue weighted by Crippen LogP contribution is -2.48. The molecule has 1 aromatic carbocycles. The van der Waals surface area contributed by atoms with Crippen LogP contribution in [-0.4, -0.2) is 69.1 Å². The maximum Gasteiger partial charge on any atom is 0.234 e. The van der Waals surface area contributed by atoms with E-state index in [9.17, 15) is 13.2 Å². The molecule has 1 saturated heterocycles. The van der Waals surface area contributed by atoms with Crippen molar-refractivity contribution in [3.05, 3.63) is 24.3 Å². The molecular formula is C15H24N4O3S2. The normalized spacial score (nSPS) is 16.2. The lowest BCUT2D eigenvalue weighted by molar-refractivity contribution is -0.113. The molecule has 1 aliphatic rings. The highest BCUT2D eigenvalue weighted by Gasteiger charge is 2.24. The first-order valence-electron chi connectivity index (χ1n) is 7.78. The Hall–Kier alpha value is -1.29. The number of sulfonamides is 1. The zero-order valence-electron chi connectivity index (χ0n) is 13.8. The molecule has 9 heteroatoms. The zero-order chi connectivity index (χ0) is 17.6. The number of piperazine rings is 1. The van der Waals surface area contributed by atoms with Crippen LogP contribution < -0.4 is 16.0 Å². The Morgan fingerprint density at radius 3 is 2.54 bits per heavy atom. The number of benzene rings is 1. The Morgan fingerprint density at radius 1 is 1.25 bits per heavy atom. The van der Waals surface area contributed by atoms with Gasteiger partial charge in [0.15, 0.2) is 0 Å². The van der Waals surface area contributed by atoms with E-state index in [0.717, 1.165) is 17.1 Å². The van der Waals surface area contributed by atoms with Crippen LogP contribution in [0.3, 0.4) is 0 Å². The fourth-order valence-electron chi connectivity index (χ4n) is 2.55. The van der Waals surface area contributed by atoms with Gasteiger partial charge in [0.2, 0.25) is 15.9 Å². The van der Waals surface area contributed by atoms with Gasteiger partial charge in [-0.05, 0) is 12.1 Å². The molecule has 1 heterocycles. The van der Waals surface area contributed by atoms with Crippen molar-refractivity contribution in [3.63, 3.8) is 0 Å². The van der Waals surface area contributed by atoms with Crippen LogP contribution in [0.4, 0.5) is 11.4 Å². The number of amides is 1. The van der Waals surface area contributed by atoms with Gasteiger partial charge in [-0.15, -0.1) is 0 Å². The van der Waals surface area contributed by atoms with Crippen molar-refractivity contribution < 1.29 is 13.2 Å². The third kappa shape index (κ3) is 5.37. The van der Waals surface area contributed by atoms with Crippen LogP contribution >= 0.6 is 11.8 Å². The molecule has 0 spiro atoms. The smallest absolute Gasteiger partial charge is 0.234 e. The van der Waals surface area contributed by atoms with E-state index in [-0.39, 0.29) is 5.91 Å². The summed E-state index contributed by atoms with van der Waals surface area (Å²) in [6, 6.07) is 7.60. The predicted molar refractivity (Wildman–Crippen MR) is 100 cm³/mol. The van der Waals surface area contributed by atoms with Gasteiger partial charge in [-0.25, -0.2) is 8.42 Å². The Morgan fingerprint density at radius 2 is 1.92 bits per heavy atom. The van der Waals surface area contributed by atoms with Gasteiger partial charge in [0, 0.05) is 38.5 Å². The van der Waals surface area contributed by atoms with Gasteiger partial charge in [0.1, 0.15) is 0 Å². The minimum Gasteiger partial charge on any atom is -0.367 e. The van der Waals surface area contributed by atoms with Crippen molar-refractivity contribution in [2.45, 2.75) is 0 Å². The van der Waals surface area contributed by atoms with E-state index in [2.05, 4.69) is 10.2 Å². The highest BCUT2D eigenvalue weighted by Crippen LogP contribution is 2.27. The summed E-state index contributed by atoms with van der Waals surface area (Å²) in [4.78, 5) is 14.1. The zero-order valence-corrected chi connectivity index (χ0v) is 15.4. The summed E-state index contributed by atoms with van der Waals surface area (Å²) in [6.45, 7) is 2.66. The molecule has 0 aliphatic carbocycles. The molecule has 0 atom stereocenters. The maximum absolute atomic E-state index is 12.0. The van der Waals surface area contributed by atoms with E-state index >= 15 is 0 Å². The maximum atomic E-state index is 12.0. The van der Waals surface area contributed by atoms with E-state index < -0.39 is 10.0 Å². The Bertz CT molecular complexity index is 658. The standard InChI is InChI=1S/C15H24N4O3S2/c1-24(21,22)19-9-7-18(8-10-19)14-5-3-2-4-13(14)17-15(20)12-23-11-6-16/h2-5H,6-12,16H2,1H3,(H,17,20). The minimum atomic E-state index is -3.15. The fourth-order valence-corrected chi connectivity index (χ4v) is 3.95. The third-order valence-electron chi connectivity index (χ3n) is 3.72. The van der Waals surface area contributed by atoms with E-state index in [1.807, 2.05) is 24.3 Å². The summed E-state index contributed by atoms with van der Waals surface area (Å²) in [6.07, 6.45) is 1.23. The summed E-state index contributed by atoms with van der Waals surface area (Å²) in [5, 5.41) is 2.93. The lowest BCUT2D eigenvalue weighted by Gasteiger charge is -2.35. The highest BCUT2D eigenvalue weighted by atomic mass is 32.2. The van der Waals surface area contributed by atoms with Gasteiger partial charge in [0.25, 0.3) is 0 Å². The number of nitrogens with one attached hydrogen (secondary N) is 1. The molecule has 24 heavy (non-hydrogen) atoms. The number of anilines is 2. The number of carbonyl (C=O) groups excluding carboxylic acids is 1. The first kappa shape index (κ1) is 19.0. The molecule has 2 rings (SSSR count). The Kier molecular flexibility index (Phi) is 6.90. The largest absolute Gasteiger partial charge is 0.367 e. The summed E-state index contributed by atoms with van der Waals surface area (Å²) in [5.41, 5.74) is 7.10. The number of nitrogens with zero attached hydrogens (tertiary/aromatic N) is 2. The molecular weight excluding hydrogens is 348 g/mol. The van der Waals surface area contributed by atoms with Crippen molar-refractivity contribution in [1.82, 2.24) is 4.31 Å². The summed E-state index contributed by atoms with van der Waals surface area (Å²) >= 11 is 1.50. The third-order valence-corrected chi connectivity index (χ3v) is 6.02. The van der Waals surface area contributed by atoms with E-state index in [1.54, 1.807) is 0 Å². The second-order valence-electron chi connectivity index (χ2n) is 5.56. The number of hydrogen-bond donors (Lipinski definition) is 2. The molecule has 0 radical (unpaired) electrons. The molecule has 0 bridgehead atoms. The van der Waals surface area contributed by atoms with E-state index in [4.69, 9.17) is 5.73 Å². The van der Waals surface area contributed by atoms with E-state index in [0.29, 0.717) is 38.5 Å². The molecule has 0 unspecified atom stereocenters. The molecule has 0 aromatic heterocycles. The fraction of sp³-hybridized carbons (Fsp3) is 0.533. The summed E-state index contributed by atoms with van der Waals surface area (Å²) in [5.74, 6) is 1.06. The van der Waals surface area contributed by atoms with Crippen LogP contribution in [-0.2, 0) is 14.8 Å². The highest BCUT2D eigenvalue weighted by molar-refractivity contribution is 7.99. The van der Waals surface area contributed by atoms with Gasteiger partial charge in [-0.1, -0.05) is 12.1 Å². The van der Waals surface area contributed by atoms with E-state index in [1.165, 1.54) is 22.3 Å². The van der Waals surface area contributed by atoms with Crippen LogP contribution in [0.1, 0.15) is 0 Å². The number of para-hydroxylation sites is 2.